The number of ether oxygens (including phenoxy) is 3. The summed E-state index contributed by atoms with van der Waals surface area (Å²) in [5.41, 5.74) is 0. The van der Waals surface area contributed by atoms with Crippen molar-refractivity contribution in [2.24, 2.45) is 0 Å². The molecule has 79 heavy (non-hydrogen) atoms. The second-order valence-electron chi connectivity index (χ2n) is 20.6. The summed E-state index contributed by atoms with van der Waals surface area (Å²) < 4.78 is 16.7. The summed E-state index contributed by atoms with van der Waals surface area (Å²) in [5.74, 6) is -0.934. The van der Waals surface area contributed by atoms with E-state index in [4.69, 9.17) is 14.2 Å². The molecule has 0 aromatic heterocycles. The van der Waals surface area contributed by atoms with E-state index in [1.807, 2.05) is 0 Å². The standard InChI is InChI=1S/C73H116O6/c1-4-7-10-13-15-17-19-21-23-25-27-29-30-31-32-33-34-35-36-37-38-39-40-41-42-44-45-47-49-51-53-55-57-60-63-66-72(75)78-69-70(68-77-71(74)65-62-59-12-9-6-3)79-73(76)67-64-61-58-56-54-52-50-48-46-43-28-26-24-22-20-18-16-14-11-8-5-2/h7-8,10-11,15-18,21-24,27-29,31-32,34-35,37-38,40-41,43,48,50,70H,4-6,9,12-14,19-20,25-26,30,33,36,39,42,44-47,49,51-69H2,1-3H3/b10-7-,11-8-,17-15-,18-16-,23-21-,24-22-,29-27-,32-31-,35-34-,38-37-,41-40-,43-28-,50-48-. The Morgan fingerprint density at radius 3 is 0.772 bits per heavy atom. The molecule has 0 aliphatic heterocycles. The predicted molar refractivity (Wildman–Crippen MR) is 343 cm³/mol. The second-order valence-corrected chi connectivity index (χ2v) is 20.6. The van der Waals surface area contributed by atoms with E-state index < -0.39 is 6.10 Å². The van der Waals surface area contributed by atoms with Crippen LogP contribution in [0.1, 0.15) is 265 Å². The van der Waals surface area contributed by atoms with Crippen molar-refractivity contribution < 1.29 is 28.6 Å². The smallest absolute Gasteiger partial charge is 0.306 e. The Morgan fingerprint density at radius 2 is 0.494 bits per heavy atom. The van der Waals surface area contributed by atoms with Crippen LogP contribution in [-0.2, 0) is 28.6 Å². The monoisotopic (exact) mass is 1090 g/mol. The minimum absolute atomic E-state index is 0.0925. The highest BCUT2D eigenvalue weighted by molar-refractivity contribution is 5.71. The molecule has 6 heteroatoms. The van der Waals surface area contributed by atoms with E-state index in [1.165, 1.54) is 44.9 Å². The summed E-state index contributed by atoms with van der Waals surface area (Å²) in [5, 5.41) is 0. The number of rotatable bonds is 56. The van der Waals surface area contributed by atoms with Crippen LogP contribution >= 0.6 is 0 Å². The molecule has 0 fully saturated rings. The third-order valence-corrected chi connectivity index (χ3v) is 13.0. The van der Waals surface area contributed by atoms with Gasteiger partial charge in [0.2, 0.25) is 0 Å². The molecule has 0 bridgehead atoms. The molecule has 444 valence electrons. The van der Waals surface area contributed by atoms with Gasteiger partial charge in [0.25, 0.3) is 0 Å². The molecule has 0 N–H and O–H groups in total. The summed E-state index contributed by atoms with van der Waals surface area (Å²) in [6.07, 6.45) is 95.8. The zero-order valence-corrected chi connectivity index (χ0v) is 50.8. The zero-order chi connectivity index (χ0) is 57.1. The van der Waals surface area contributed by atoms with Crippen molar-refractivity contribution in [2.45, 2.75) is 271 Å². The quantitative estimate of drug-likeness (QED) is 0.0261. The molecule has 0 rings (SSSR count). The van der Waals surface area contributed by atoms with Crippen molar-refractivity contribution in [3.8, 4) is 0 Å². The van der Waals surface area contributed by atoms with Crippen molar-refractivity contribution in [3.63, 3.8) is 0 Å². The lowest BCUT2D eigenvalue weighted by Gasteiger charge is -2.18. The molecule has 6 nitrogen and oxygen atoms in total. The lowest BCUT2D eigenvalue weighted by atomic mass is 10.1. The molecule has 0 aliphatic carbocycles. The molecule has 0 aromatic carbocycles. The summed E-state index contributed by atoms with van der Waals surface area (Å²) in [6, 6.07) is 0. The molecule has 0 radical (unpaired) electrons. The van der Waals surface area contributed by atoms with Crippen LogP contribution in [0.15, 0.2) is 158 Å². The number of carbonyl (C=O) groups excluding carboxylic acids is 3. The molecule has 0 aromatic rings. The Hall–Kier alpha value is -4.97. The van der Waals surface area contributed by atoms with Gasteiger partial charge in [-0.2, -0.15) is 0 Å². The van der Waals surface area contributed by atoms with Gasteiger partial charge in [-0.25, -0.2) is 0 Å². The van der Waals surface area contributed by atoms with Crippen molar-refractivity contribution >= 4 is 17.9 Å². The van der Waals surface area contributed by atoms with Crippen molar-refractivity contribution in [2.75, 3.05) is 13.2 Å². The fourth-order valence-electron chi connectivity index (χ4n) is 8.31. The maximum atomic E-state index is 12.8. The van der Waals surface area contributed by atoms with Crippen LogP contribution in [0.3, 0.4) is 0 Å². The SMILES string of the molecule is CC/C=C\C/C=C\C/C=C\C/C=C\C/C=C\C/C=C\C/C=C\C/C=C\CCCCCCCCCCCCC(=O)OCC(COC(=O)CCCCCCC)OC(=O)CCCCCCC/C=C\C/C=C\C/C=C\C/C=C\C/C=C\CC. The highest BCUT2D eigenvalue weighted by Gasteiger charge is 2.19. The average Bonchev–Trinajstić information content (AvgIpc) is 3.45. The Morgan fingerprint density at radius 1 is 0.266 bits per heavy atom. The van der Waals surface area contributed by atoms with E-state index in [0.717, 1.165) is 180 Å². The number of esters is 3. The molecule has 0 aliphatic rings. The van der Waals surface area contributed by atoms with Gasteiger partial charge in [0.1, 0.15) is 13.2 Å². The van der Waals surface area contributed by atoms with E-state index in [-0.39, 0.29) is 31.1 Å². The topological polar surface area (TPSA) is 78.9 Å². The maximum Gasteiger partial charge on any atom is 0.306 e. The van der Waals surface area contributed by atoms with Crippen molar-refractivity contribution in [3.05, 3.63) is 158 Å². The summed E-state index contributed by atoms with van der Waals surface area (Å²) in [6.45, 7) is 6.30. The van der Waals surface area contributed by atoms with Crippen LogP contribution in [0, 0.1) is 0 Å². The number of hydrogen-bond donors (Lipinski definition) is 0. The molecular formula is C73H116O6. The fourth-order valence-corrected chi connectivity index (χ4v) is 8.31. The molecule has 1 atom stereocenters. The summed E-state index contributed by atoms with van der Waals surface area (Å²) in [7, 11) is 0. The first-order valence-corrected chi connectivity index (χ1v) is 32.0. The maximum absolute atomic E-state index is 12.8. The molecular weight excluding hydrogens is 973 g/mol. The van der Waals surface area contributed by atoms with Gasteiger partial charge in [-0.15, -0.1) is 0 Å². The first-order chi connectivity index (χ1) is 39.0. The molecule has 0 spiro atoms. The van der Waals surface area contributed by atoms with E-state index in [0.29, 0.717) is 19.3 Å². The van der Waals surface area contributed by atoms with Gasteiger partial charge in [-0.1, -0.05) is 275 Å². The zero-order valence-electron chi connectivity index (χ0n) is 50.8. The highest BCUT2D eigenvalue weighted by Crippen LogP contribution is 2.15. The molecule has 0 saturated heterocycles. The normalized spacial score (nSPS) is 13.2. The van der Waals surface area contributed by atoms with Crippen LogP contribution in [0.5, 0.6) is 0 Å². The molecule has 0 amide bonds. The van der Waals surface area contributed by atoms with Crippen LogP contribution < -0.4 is 0 Å². The first-order valence-electron chi connectivity index (χ1n) is 32.0. The van der Waals surface area contributed by atoms with Gasteiger partial charge in [-0.3, -0.25) is 14.4 Å². The number of allylic oxidation sites excluding steroid dienone is 26. The lowest BCUT2D eigenvalue weighted by molar-refractivity contribution is -0.167. The summed E-state index contributed by atoms with van der Waals surface area (Å²) >= 11 is 0. The van der Waals surface area contributed by atoms with Gasteiger partial charge >= 0.3 is 17.9 Å². The first kappa shape index (κ1) is 74.0. The van der Waals surface area contributed by atoms with Crippen LogP contribution in [-0.4, -0.2) is 37.2 Å². The molecule has 0 saturated carbocycles. The highest BCUT2D eigenvalue weighted by atomic mass is 16.6. The summed E-state index contributed by atoms with van der Waals surface area (Å²) in [4.78, 5) is 37.9. The van der Waals surface area contributed by atoms with Gasteiger partial charge in [-0.05, 0) is 128 Å². The van der Waals surface area contributed by atoms with Gasteiger partial charge in [0, 0.05) is 19.3 Å². The Bertz CT molecular complexity index is 1780. The third kappa shape index (κ3) is 63.7. The Kier molecular flexibility index (Phi) is 61.4. The molecule has 1 unspecified atom stereocenters. The third-order valence-electron chi connectivity index (χ3n) is 13.0. The van der Waals surface area contributed by atoms with Gasteiger partial charge < -0.3 is 14.2 Å². The van der Waals surface area contributed by atoms with Gasteiger partial charge in [0.05, 0.1) is 0 Å². The molecule has 0 heterocycles. The van der Waals surface area contributed by atoms with Crippen LogP contribution in [0.2, 0.25) is 0 Å². The van der Waals surface area contributed by atoms with Gasteiger partial charge in [0.15, 0.2) is 6.10 Å². The van der Waals surface area contributed by atoms with Crippen LogP contribution in [0.4, 0.5) is 0 Å². The predicted octanol–water partition coefficient (Wildman–Crippen LogP) is 22.1. The Balaban J connectivity index is 4.09. The largest absolute Gasteiger partial charge is 0.462 e. The second kappa shape index (κ2) is 65.5. The van der Waals surface area contributed by atoms with E-state index in [1.54, 1.807) is 0 Å². The average molecular weight is 1090 g/mol. The van der Waals surface area contributed by atoms with E-state index in [9.17, 15) is 14.4 Å². The van der Waals surface area contributed by atoms with Crippen molar-refractivity contribution in [1.82, 2.24) is 0 Å². The fraction of sp³-hybridized carbons (Fsp3) is 0.603. The van der Waals surface area contributed by atoms with E-state index in [2.05, 4.69) is 179 Å². The number of carbonyl (C=O) groups is 3. The number of hydrogen-bond acceptors (Lipinski definition) is 6. The minimum atomic E-state index is -0.793. The minimum Gasteiger partial charge on any atom is -0.462 e. The Labute approximate surface area is 486 Å². The van der Waals surface area contributed by atoms with Crippen molar-refractivity contribution in [1.29, 1.82) is 0 Å². The number of unbranched alkanes of at least 4 members (excludes halogenated alkanes) is 19. The van der Waals surface area contributed by atoms with E-state index >= 15 is 0 Å². The van der Waals surface area contributed by atoms with Crippen LogP contribution in [0.25, 0.3) is 0 Å². The lowest BCUT2D eigenvalue weighted by Crippen LogP contribution is -2.30.